The second kappa shape index (κ2) is 8.86. The molecular formula is C21H23N3OS. The number of aryl methyl sites for hydroxylation is 3. The number of rotatable bonds is 6. The predicted octanol–water partition coefficient (Wildman–Crippen LogP) is 3.59. The van der Waals surface area contributed by atoms with Crippen molar-refractivity contribution >= 4 is 17.7 Å². The van der Waals surface area contributed by atoms with Crippen LogP contribution < -0.4 is 5.32 Å². The molecule has 1 N–H and O–H groups in total. The molecule has 1 heterocycles. The Kier molecular flexibility index (Phi) is 6.30. The van der Waals surface area contributed by atoms with Crippen molar-refractivity contribution < 1.29 is 4.79 Å². The van der Waals surface area contributed by atoms with Crippen LogP contribution in [0.3, 0.4) is 0 Å². The van der Waals surface area contributed by atoms with Crippen LogP contribution in [-0.4, -0.2) is 23.2 Å². The number of thioether (sulfide) groups is 1. The van der Waals surface area contributed by atoms with Crippen molar-refractivity contribution in [2.45, 2.75) is 44.1 Å². The molecule has 0 bridgehead atoms. The van der Waals surface area contributed by atoms with Crippen LogP contribution in [0.1, 0.15) is 40.8 Å². The fraction of sp³-hybridized carbons (Fsp3) is 0.381. The van der Waals surface area contributed by atoms with Gasteiger partial charge in [-0.3, -0.25) is 4.79 Å². The van der Waals surface area contributed by atoms with Gasteiger partial charge in [0.2, 0.25) is 5.91 Å². The summed E-state index contributed by atoms with van der Waals surface area (Å²) in [6.45, 7) is 2.70. The minimum atomic E-state index is -0.0213. The van der Waals surface area contributed by atoms with Gasteiger partial charge in [0.05, 0.1) is 11.3 Å². The van der Waals surface area contributed by atoms with Gasteiger partial charge in [-0.15, -0.1) is 0 Å². The van der Waals surface area contributed by atoms with Crippen LogP contribution in [0.25, 0.3) is 0 Å². The summed E-state index contributed by atoms with van der Waals surface area (Å²) in [7, 11) is 0. The number of nitrogens with zero attached hydrogens (tertiary/aromatic N) is 2. The third-order valence-corrected chi connectivity index (χ3v) is 5.70. The molecule has 3 rings (SSSR count). The SMILES string of the molecule is Cc1ccccc1CCNC(=O)CSc1nc2c(cc1C#N)CCCC2. The Morgan fingerprint density at radius 2 is 2.12 bits per heavy atom. The molecule has 2 aromatic rings. The molecule has 0 atom stereocenters. The van der Waals surface area contributed by atoms with Crippen LogP contribution in [0, 0.1) is 18.3 Å². The number of pyridine rings is 1. The van der Waals surface area contributed by atoms with Gasteiger partial charge in [0, 0.05) is 12.2 Å². The Hall–Kier alpha value is -2.32. The Labute approximate surface area is 159 Å². The van der Waals surface area contributed by atoms with Gasteiger partial charge in [0.1, 0.15) is 11.1 Å². The standard InChI is InChI=1S/C21H23N3OS/c1-15-6-2-3-7-16(15)10-11-23-20(25)14-26-21-18(13-22)12-17-8-4-5-9-19(17)24-21/h2-3,6-7,12H,4-5,8-11,14H2,1H3,(H,23,25). The summed E-state index contributed by atoms with van der Waals surface area (Å²) in [6, 6.07) is 12.4. The minimum absolute atomic E-state index is 0.0213. The second-order valence-corrected chi connectivity index (χ2v) is 7.54. The smallest absolute Gasteiger partial charge is 0.230 e. The van der Waals surface area contributed by atoms with Gasteiger partial charge in [0.25, 0.3) is 0 Å². The molecule has 5 heteroatoms. The largest absolute Gasteiger partial charge is 0.355 e. The van der Waals surface area contributed by atoms with E-state index in [4.69, 9.17) is 0 Å². The highest BCUT2D eigenvalue weighted by atomic mass is 32.2. The van der Waals surface area contributed by atoms with Crippen molar-refractivity contribution in [3.63, 3.8) is 0 Å². The predicted molar refractivity (Wildman–Crippen MR) is 104 cm³/mol. The summed E-state index contributed by atoms with van der Waals surface area (Å²) in [5, 5.41) is 13.0. The van der Waals surface area contributed by atoms with Gasteiger partial charge in [-0.1, -0.05) is 36.0 Å². The molecule has 0 fully saturated rings. The monoisotopic (exact) mass is 365 g/mol. The summed E-state index contributed by atoms with van der Waals surface area (Å²) in [5.41, 5.74) is 5.37. The molecule has 0 radical (unpaired) electrons. The zero-order valence-corrected chi connectivity index (χ0v) is 15.9. The second-order valence-electron chi connectivity index (χ2n) is 6.58. The van der Waals surface area contributed by atoms with E-state index in [0.29, 0.717) is 17.1 Å². The number of benzene rings is 1. The van der Waals surface area contributed by atoms with Crippen LogP contribution in [0.15, 0.2) is 35.4 Å². The molecule has 0 spiro atoms. The van der Waals surface area contributed by atoms with Crippen molar-refractivity contribution in [3.05, 3.63) is 58.3 Å². The lowest BCUT2D eigenvalue weighted by molar-refractivity contribution is -0.118. The van der Waals surface area contributed by atoms with Gasteiger partial charge in [0.15, 0.2) is 0 Å². The maximum atomic E-state index is 12.1. The van der Waals surface area contributed by atoms with Crippen molar-refractivity contribution in [1.29, 1.82) is 5.26 Å². The highest BCUT2D eigenvalue weighted by Crippen LogP contribution is 2.27. The molecule has 1 amide bonds. The van der Waals surface area contributed by atoms with Crippen molar-refractivity contribution in [2.75, 3.05) is 12.3 Å². The lowest BCUT2D eigenvalue weighted by atomic mass is 9.95. The topological polar surface area (TPSA) is 65.8 Å². The van der Waals surface area contributed by atoms with Gasteiger partial charge in [-0.25, -0.2) is 4.98 Å². The van der Waals surface area contributed by atoms with E-state index in [1.54, 1.807) is 0 Å². The first kappa shape index (κ1) is 18.5. The molecule has 0 saturated carbocycles. The molecule has 134 valence electrons. The number of carbonyl (C=O) groups excluding carboxylic acids is 1. The molecule has 1 aromatic heterocycles. The Balaban J connectivity index is 1.53. The summed E-state index contributed by atoms with van der Waals surface area (Å²) in [6.07, 6.45) is 5.10. The molecule has 26 heavy (non-hydrogen) atoms. The highest BCUT2D eigenvalue weighted by molar-refractivity contribution is 8.00. The van der Waals surface area contributed by atoms with E-state index >= 15 is 0 Å². The third-order valence-electron chi connectivity index (χ3n) is 4.70. The van der Waals surface area contributed by atoms with E-state index in [1.807, 2.05) is 18.2 Å². The van der Waals surface area contributed by atoms with Gasteiger partial charge < -0.3 is 5.32 Å². The normalized spacial score (nSPS) is 12.9. The van der Waals surface area contributed by atoms with Gasteiger partial charge in [-0.05, 0) is 61.8 Å². The number of hydrogen-bond donors (Lipinski definition) is 1. The Morgan fingerprint density at radius 1 is 1.31 bits per heavy atom. The van der Waals surface area contributed by atoms with Crippen LogP contribution in [0.2, 0.25) is 0 Å². The number of hydrogen-bond acceptors (Lipinski definition) is 4. The number of carbonyl (C=O) groups is 1. The number of aromatic nitrogens is 1. The summed E-state index contributed by atoms with van der Waals surface area (Å²) >= 11 is 1.36. The summed E-state index contributed by atoms with van der Waals surface area (Å²) < 4.78 is 0. The Morgan fingerprint density at radius 3 is 2.92 bits per heavy atom. The quantitative estimate of drug-likeness (QED) is 0.795. The molecular weight excluding hydrogens is 342 g/mol. The molecule has 0 saturated heterocycles. The fourth-order valence-electron chi connectivity index (χ4n) is 3.22. The fourth-order valence-corrected chi connectivity index (χ4v) is 4.02. The van der Waals surface area contributed by atoms with Crippen LogP contribution in [-0.2, 0) is 24.1 Å². The zero-order valence-electron chi connectivity index (χ0n) is 15.0. The third kappa shape index (κ3) is 4.64. The van der Waals surface area contributed by atoms with Gasteiger partial charge >= 0.3 is 0 Å². The number of nitriles is 1. The lowest BCUT2D eigenvalue weighted by Gasteiger charge is -2.16. The van der Waals surface area contributed by atoms with Crippen molar-refractivity contribution in [1.82, 2.24) is 10.3 Å². The van der Waals surface area contributed by atoms with E-state index in [2.05, 4.69) is 35.4 Å². The van der Waals surface area contributed by atoms with Crippen LogP contribution in [0.5, 0.6) is 0 Å². The first-order valence-electron chi connectivity index (χ1n) is 9.04. The average molecular weight is 366 g/mol. The minimum Gasteiger partial charge on any atom is -0.355 e. The van der Waals surface area contributed by atoms with Crippen molar-refractivity contribution in [3.8, 4) is 6.07 Å². The molecule has 1 aliphatic carbocycles. The molecule has 1 aliphatic rings. The highest BCUT2D eigenvalue weighted by Gasteiger charge is 2.16. The van der Waals surface area contributed by atoms with E-state index in [9.17, 15) is 10.1 Å². The summed E-state index contributed by atoms with van der Waals surface area (Å²) in [4.78, 5) is 16.8. The maximum Gasteiger partial charge on any atom is 0.230 e. The maximum absolute atomic E-state index is 12.1. The Bertz CT molecular complexity index is 842. The van der Waals surface area contributed by atoms with E-state index in [0.717, 1.165) is 37.8 Å². The molecule has 0 unspecified atom stereocenters. The first-order valence-corrected chi connectivity index (χ1v) is 10.0. The van der Waals surface area contributed by atoms with Gasteiger partial charge in [-0.2, -0.15) is 5.26 Å². The lowest BCUT2D eigenvalue weighted by Crippen LogP contribution is -2.27. The number of nitrogens with one attached hydrogen (secondary N) is 1. The number of amides is 1. The molecule has 4 nitrogen and oxygen atoms in total. The van der Waals surface area contributed by atoms with E-state index in [-0.39, 0.29) is 11.7 Å². The van der Waals surface area contributed by atoms with Crippen LogP contribution in [0.4, 0.5) is 0 Å². The molecule has 1 aromatic carbocycles. The van der Waals surface area contributed by atoms with Crippen LogP contribution >= 0.6 is 11.8 Å². The summed E-state index contributed by atoms with van der Waals surface area (Å²) in [5.74, 6) is 0.265. The van der Waals surface area contributed by atoms with E-state index in [1.165, 1.54) is 28.5 Å². The van der Waals surface area contributed by atoms with Crippen molar-refractivity contribution in [2.24, 2.45) is 0 Å². The zero-order chi connectivity index (χ0) is 18.4. The average Bonchev–Trinajstić information content (AvgIpc) is 2.67. The molecule has 0 aliphatic heterocycles. The first-order chi connectivity index (χ1) is 12.7. The number of fused-ring (bicyclic) bond motifs is 1. The van der Waals surface area contributed by atoms with E-state index < -0.39 is 0 Å².